The van der Waals surface area contributed by atoms with Crippen molar-refractivity contribution in [3.05, 3.63) is 24.0 Å². The molecule has 2 aliphatic rings. The summed E-state index contributed by atoms with van der Waals surface area (Å²) in [6.07, 6.45) is -1.47. The molecular weight excluding hydrogens is 449 g/mol. The number of likely N-dealkylation sites (tertiary alicyclic amines) is 1. The molecule has 0 aliphatic carbocycles. The summed E-state index contributed by atoms with van der Waals surface area (Å²) in [5, 5.41) is 10.8. The SMILES string of the molecule is CC(=O)C(N)[C@@H]1CN(c2ccc(OCC3(O)CCN(C(=O)OC(C)(C)C)CC3)c(F)c2)C(=O)O1. The largest absolute Gasteiger partial charge is 0.488 e. The normalized spacial score (nSPS) is 21.1. The molecule has 34 heavy (non-hydrogen) atoms. The maximum absolute atomic E-state index is 14.7. The van der Waals surface area contributed by atoms with Crippen molar-refractivity contribution in [2.75, 3.05) is 31.1 Å². The molecule has 3 rings (SSSR count). The second-order valence-corrected chi connectivity index (χ2v) is 9.76. The summed E-state index contributed by atoms with van der Waals surface area (Å²) >= 11 is 0. The van der Waals surface area contributed by atoms with Crippen LogP contribution in [-0.4, -0.2) is 77.6 Å². The summed E-state index contributed by atoms with van der Waals surface area (Å²) in [6, 6.07) is 3.00. The van der Waals surface area contributed by atoms with Gasteiger partial charge in [0, 0.05) is 19.2 Å². The minimum absolute atomic E-state index is 0.0210. The molecule has 2 aliphatic heterocycles. The van der Waals surface area contributed by atoms with E-state index in [1.807, 2.05) is 0 Å². The monoisotopic (exact) mass is 481 g/mol. The van der Waals surface area contributed by atoms with Gasteiger partial charge < -0.3 is 30.0 Å². The molecular formula is C23H32FN3O7. The van der Waals surface area contributed by atoms with E-state index in [1.54, 1.807) is 20.8 Å². The van der Waals surface area contributed by atoms with E-state index in [-0.39, 0.29) is 56.3 Å². The molecule has 0 spiro atoms. The Hall–Kier alpha value is -2.92. The number of Topliss-reactive ketones (excluding diaryl/α,β-unsaturated/α-hetero) is 1. The van der Waals surface area contributed by atoms with Gasteiger partial charge in [0.05, 0.1) is 12.2 Å². The standard InChI is InChI=1S/C23H32FN3O7/c1-14(28)19(25)18-12-27(21(30)33-18)15-5-6-17(16(24)11-15)32-13-23(31)7-9-26(10-8-23)20(29)34-22(2,3)4/h5-6,11,18-19,31H,7-10,12-13,25H2,1-4H3/t18-,19?/m0/s1. The van der Waals surface area contributed by atoms with Crippen molar-refractivity contribution in [2.45, 2.75) is 63.9 Å². The number of halogens is 1. The lowest BCUT2D eigenvalue weighted by Crippen LogP contribution is -2.50. The third kappa shape index (κ3) is 6.15. The van der Waals surface area contributed by atoms with Crippen LogP contribution in [0.15, 0.2) is 18.2 Å². The summed E-state index contributed by atoms with van der Waals surface area (Å²) in [6.45, 7) is 7.09. The molecule has 1 unspecified atom stereocenters. The Kier molecular flexibility index (Phi) is 7.37. The molecule has 2 heterocycles. The molecule has 0 radical (unpaired) electrons. The third-order valence-electron chi connectivity index (χ3n) is 5.77. The number of hydrogen-bond donors (Lipinski definition) is 2. The quantitative estimate of drug-likeness (QED) is 0.632. The highest BCUT2D eigenvalue weighted by Crippen LogP contribution is 2.30. The molecule has 11 heteroatoms. The van der Waals surface area contributed by atoms with Crippen LogP contribution in [0.1, 0.15) is 40.5 Å². The van der Waals surface area contributed by atoms with E-state index in [4.69, 9.17) is 19.9 Å². The fraction of sp³-hybridized carbons (Fsp3) is 0.609. The van der Waals surface area contributed by atoms with E-state index >= 15 is 0 Å². The topological polar surface area (TPSA) is 132 Å². The van der Waals surface area contributed by atoms with Gasteiger partial charge in [0.1, 0.15) is 35.7 Å². The van der Waals surface area contributed by atoms with Gasteiger partial charge in [-0.15, -0.1) is 0 Å². The van der Waals surface area contributed by atoms with Crippen molar-refractivity contribution in [3.63, 3.8) is 0 Å². The van der Waals surface area contributed by atoms with E-state index in [0.717, 1.165) is 6.07 Å². The number of amides is 2. The van der Waals surface area contributed by atoms with E-state index in [9.17, 15) is 23.9 Å². The third-order valence-corrected chi connectivity index (χ3v) is 5.77. The Labute approximate surface area is 197 Å². The fourth-order valence-electron chi connectivity index (χ4n) is 3.71. The van der Waals surface area contributed by atoms with Gasteiger partial charge in [-0.1, -0.05) is 0 Å². The lowest BCUT2D eigenvalue weighted by molar-refractivity contribution is -0.120. The first kappa shape index (κ1) is 25.7. The summed E-state index contributed by atoms with van der Waals surface area (Å²) < 4.78 is 30.7. The number of nitrogens with two attached hydrogens (primary N) is 1. The number of aliphatic hydroxyl groups is 1. The molecule has 2 amide bonds. The van der Waals surface area contributed by atoms with Crippen LogP contribution in [0.4, 0.5) is 19.7 Å². The minimum atomic E-state index is -1.22. The molecule has 1 aromatic carbocycles. The van der Waals surface area contributed by atoms with Crippen LogP contribution >= 0.6 is 0 Å². The first-order chi connectivity index (χ1) is 15.8. The first-order valence-electron chi connectivity index (χ1n) is 11.1. The number of cyclic esters (lactones) is 1. The summed E-state index contributed by atoms with van der Waals surface area (Å²) in [5.74, 6) is -1.12. The second kappa shape index (κ2) is 9.75. The van der Waals surface area contributed by atoms with Crippen molar-refractivity contribution in [2.24, 2.45) is 5.73 Å². The van der Waals surface area contributed by atoms with Crippen molar-refractivity contribution < 1.29 is 38.1 Å². The first-order valence-corrected chi connectivity index (χ1v) is 11.1. The number of carbonyl (C=O) groups excluding carboxylic acids is 3. The van der Waals surface area contributed by atoms with Crippen LogP contribution < -0.4 is 15.4 Å². The van der Waals surface area contributed by atoms with Crippen LogP contribution in [-0.2, 0) is 14.3 Å². The van der Waals surface area contributed by atoms with Crippen molar-refractivity contribution >= 4 is 23.7 Å². The van der Waals surface area contributed by atoms with Crippen molar-refractivity contribution in [3.8, 4) is 5.75 Å². The zero-order valence-corrected chi connectivity index (χ0v) is 19.9. The van der Waals surface area contributed by atoms with Gasteiger partial charge in [-0.3, -0.25) is 9.69 Å². The van der Waals surface area contributed by atoms with E-state index in [2.05, 4.69) is 0 Å². The Morgan fingerprint density at radius 2 is 1.97 bits per heavy atom. The number of ketones is 1. The Balaban J connectivity index is 1.56. The molecule has 2 fully saturated rings. The highest BCUT2D eigenvalue weighted by Gasteiger charge is 2.39. The smallest absolute Gasteiger partial charge is 0.414 e. The molecule has 0 saturated carbocycles. The number of carbonyl (C=O) groups is 3. The number of piperidine rings is 1. The number of anilines is 1. The molecule has 10 nitrogen and oxygen atoms in total. The maximum Gasteiger partial charge on any atom is 0.414 e. The van der Waals surface area contributed by atoms with Gasteiger partial charge in [0.25, 0.3) is 0 Å². The second-order valence-electron chi connectivity index (χ2n) is 9.76. The summed E-state index contributed by atoms with van der Waals surface area (Å²) in [4.78, 5) is 38.5. The van der Waals surface area contributed by atoms with Crippen LogP contribution in [0.3, 0.4) is 0 Å². The number of rotatable bonds is 6. The average molecular weight is 482 g/mol. The Morgan fingerprint density at radius 3 is 2.53 bits per heavy atom. The zero-order chi connectivity index (χ0) is 25.3. The summed E-state index contributed by atoms with van der Waals surface area (Å²) in [7, 11) is 0. The van der Waals surface area contributed by atoms with E-state index in [0.29, 0.717) is 0 Å². The van der Waals surface area contributed by atoms with Crippen molar-refractivity contribution in [1.82, 2.24) is 4.90 Å². The van der Waals surface area contributed by atoms with Gasteiger partial charge in [0.15, 0.2) is 11.6 Å². The van der Waals surface area contributed by atoms with Crippen LogP contribution in [0.2, 0.25) is 0 Å². The minimum Gasteiger partial charge on any atom is -0.488 e. The van der Waals surface area contributed by atoms with Gasteiger partial charge >= 0.3 is 12.2 Å². The predicted octanol–water partition coefficient (Wildman–Crippen LogP) is 2.21. The van der Waals surface area contributed by atoms with Crippen molar-refractivity contribution in [1.29, 1.82) is 0 Å². The molecule has 2 saturated heterocycles. The lowest BCUT2D eigenvalue weighted by atomic mass is 9.92. The van der Waals surface area contributed by atoms with Gasteiger partial charge in [-0.25, -0.2) is 14.0 Å². The van der Waals surface area contributed by atoms with Gasteiger partial charge in [0.2, 0.25) is 0 Å². The molecule has 2 atom stereocenters. The van der Waals surface area contributed by atoms with E-state index in [1.165, 1.54) is 28.9 Å². The highest BCUT2D eigenvalue weighted by molar-refractivity contribution is 5.91. The maximum atomic E-state index is 14.7. The van der Waals surface area contributed by atoms with Crippen LogP contribution in [0.5, 0.6) is 5.75 Å². The molecule has 0 bridgehead atoms. The number of nitrogens with zero attached hydrogens (tertiary/aromatic N) is 2. The van der Waals surface area contributed by atoms with Gasteiger partial charge in [-0.05, 0) is 52.7 Å². The number of benzene rings is 1. The lowest BCUT2D eigenvalue weighted by Gasteiger charge is -2.38. The summed E-state index contributed by atoms with van der Waals surface area (Å²) in [5.41, 5.74) is 4.16. The molecule has 188 valence electrons. The number of ether oxygens (including phenoxy) is 3. The highest BCUT2D eigenvalue weighted by atomic mass is 19.1. The van der Waals surface area contributed by atoms with Gasteiger partial charge in [-0.2, -0.15) is 0 Å². The fourth-order valence-corrected chi connectivity index (χ4v) is 3.71. The van der Waals surface area contributed by atoms with Crippen LogP contribution in [0.25, 0.3) is 0 Å². The predicted molar refractivity (Wildman–Crippen MR) is 120 cm³/mol. The average Bonchev–Trinajstić information content (AvgIpc) is 3.13. The van der Waals surface area contributed by atoms with Crippen LogP contribution in [0, 0.1) is 5.82 Å². The zero-order valence-electron chi connectivity index (χ0n) is 19.9. The molecule has 3 N–H and O–H groups in total. The molecule has 0 aromatic heterocycles. The number of hydrogen-bond acceptors (Lipinski definition) is 8. The Morgan fingerprint density at radius 1 is 1.32 bits per heavy atom. The van der Waals surface area contributed by atoms with E-state index < -0.39 is 41.4 Å². The Bertz CT molecular complexity index is 941. The molecule has 1 aromatic rings.